The number of piperazine rings is 1. The third-order valence-corrected chi connectivity index (χ3v) is 6.74. The van der Waals surface area contributed by atoms with Gasteiger partial charge in [-0.2, -0.15) is 0 Å². The summed E-state index contributed by atoms with van der Waals surface area (Å²) in [5.74, 6) is -0.183. The van der Waals surface area contributed by atoms with Gasteiger partial charge in [-0.15, -0.1) is 0 Å². The van der Waals surface area contributed by atoms with Crippen LogP contribution in [0.15, 0.2) is 83.5 Å². The summed E-state index contributed by atoms with van der Waals surface area (Å²) in [6.45, 7) is 4.63. The van der Waals surface area contributed by atoms with Gasteiger partial charge in [0.2, 0.25) is 0 Å². The Labute approximate surface area is 201 Å². The van der Waals surface area contributed by atoms with Gasteiger partial charge in [0, 0.05) is 60.8 Å². The second-order valence-electron chi connectivity index (χ2n) is 8.51. The molecule has 0 N–H and O–H groups in total. The summed E-state index contributed by atoms with van der Waals surface area (Å²) in [6, 6.07) is 23.0. The van der Waals surface area contributed by atoms with Crippen LogP contribution < -0.4 is 0 Å². The van der Waals surface area contributed by atoms with Crippen molar-refractivity contribution in [2.75, 3.05) is 26.2 Å². The molecule has 1 aromatic heterocycles. The van der Waals surface area contributed by atoms with Crippen molar-refractivity contribution in [1.82, 2.24) is 14.4 Å². The van der Waals surface area contributed by atoms with Gasteiger partial charge in [0.05, 0.1) is 5.56 Å². The molecule has 0 radical (unpaired) electrons. The highest BCUT2D eigenvalue weighted by Gasteiger charge is 2.25. The molecule has 0 spiro atoms. The molecule has 1 aliphatic rings. The van der Waals surface area contributed by atoms with E-state index in [0.29, 0.717) is 25.2 Å². The van der Waals surface area contributed by atoms with Crippen LogP contribution >= 0.6 is 15.9 Å². The first kappa shape index (κ1) is 21.9. The minimum absolute atomic E-state index is 0.0651. The zero-order valence-corrected chi connectivity index (χ0v) is 19.8. The molecule has 3 aromatic carbocycles. The summed E-state index contributed by atoms with van der Waals surface area (Å²) in [5, 5.41) is 0.934. The average molecular weight is 506 g/mol. The molecule has 1 saturated heterocycles. The molecule has 1 aliphatic heterocycles. The van der Waals surface area contributed by atoms with Crippen LogP contribution in [0.5, 0.6) is 0 Å². The average Bonchev–Trinajstić information content (AvgIpc) is 3.18. The quantitative estimate of drug-likeness (QED) is 0.355. The lowest BCUT2D eigenvalue weighted by Gasteiger charge is -2.34. The van der Waals surface area contributed by atoms with Crippen molar-refractivity contribution in [3.05, 3.63) is 106 Å². The SMILES string of the molecule is O=C(c1cn(Cc2ccc(F)cc2)c2ccc(Br)cc12)N1CCN(Cc2ccccc2)CC1. The Morgan fingerprint density at radius 3 is 2.27 bits per heavy atom. The minimum Gasteiger partial charge on any atom is -0.342 e. The van der Waals surface area contributed by atoms with Gasteiger partial charge in [-0.1, -0.05) is 58.4 Å². The fraction of sp³-hybridized carbons (Fsp3) is 0.222. The smallest absolute Gasteiger partial charge is 0.256 e. The van der Waals surface area contributed by atoms with Crippen LogP contribution in [0.4, 0.5) is 4.39 Å². The van der Waals surface area contributed by atoms with Crippen LogP contribution in [-0.2, 0) is 13.1 Å². The first-order valence-electron chi connectivity index (χ1n) is 11.2. The first-order chi connectivity index (χ1) is 16.1. The minimum atomic E-state index is -0.248. The maximum absolute atomic E-state index is 13.5. The number of benzene rings is 3. The van der Waals surface area contributed by atoms with E-state index in [-0.39, 0.29) is 11.7 Å². The van der Waals surface area contributed by atoms with Gasteiger partial charge < -0.3 is 9.47 Å². The number of hydrogen-bond donors (Lipinski definition) is 0. The molecule has 1 fully saturated rings. The summed E-state index contributed by atoms with van der Waals surface area (Å²) >= 11 is 3.55. The molecular weight excluding hydrogens is 481 g/mol. The molecule has 4 aromatic rings. The Hall–Kier alpha value is -2.96. The van der Waals surface area contributed by atoms with Crippen molar-refractivity contribution in [3.63, 3.8) is 0 Å². The molecule has 0 aliphatic carbocycles. The summed E-state index contributed by atoms with van der Waals surface area (Å²) in [4.78, 5) is 17.9. The maximum Gasteiger partial charge on any atom is 0.256 e. The number of carbonyl (C=O) groups is 1. The maximum atomic E-state index is 13.5. The lowest BCUT2D eigenvalue weighted by Crippen LogP contribution is -2.48. The van der Waals surface area contributed by atoms with Crippen molar-refractivity contribution in [2.45, 2.75) is 13.1 Å². The first-order valence-corrected chi connectivity index (χ1v) is 11.9. The number of amides is 1. The number of hydrogen-bond acceptors (Lipinski definition) is 2. The van der Waals surface area contributed by atoms with E-state index in [1.807, 2.05) is 35.4 Å². The lowest BCUT2D eigenvalue weighted by atomic mass is 10.1. The molecule has 4 nitrogen and oxygen atoms in total. The molecule has 168 valence electrons. The Kier molecular flexibility index (Phi) is 6.29. The molecule has 33 heavy (non-hydrogen) atoms. The van der Waals surface area contributed by atoms with Gasteiger partial charge >= 0.3 is 0 Å². The Morgan fingerprint density at radius 2 is 1.55 bits per heavy atom. The predicted octanol–water partition coefficient (Wildman–Crippen LogP) is 5.55. The molecule has 5 rings (SSSR count). The largest absolute Gasteiger partial charge is 0.342 e. The van der Waals surface area contributed by atoms with Gasteiger partial charge in [0.25, 0.3) is 5.91 Å². The Bertz CT molecular complexity index is 1260. The molecule has 0 saturated carbocycles. The van der Waals surface area contributed by atoms with E-state index >= 15 is 0 Å². The van der Waals surface area contributed by atoms with Gasteiger partial charge in [-0.25, -0.2) is 4.39 Å². The lowest BCUT2D eigenvalue weighted by molar-refractivity contribution is 0.0630. The Balaban J connectivity index is 1.35. The topological polar surface area (TPSA) is 28.5 Å². The van der Waals surface area contributed by atoms with Crippen LogP contribution in [0.3, 0.4) is 0 Å². The predicted molar refractivity (Wildman–Crippen MR) is 133 cm³/mol. The highest BCUT2D eigenvalue weighted by molar-refractivity contribution is 9.10. The summed E-state index contributed by atoms with van der Waals surface area (Å²) < 4.78 is 16.3. The number of carbonyl (C=O) groups excluding carboxylic acids is 1. The van der Waals surface area contributed by atoms with E-state index in [0.717, 1.165) is 40.6 Å². The number of aromatic nitrogens is 1. The fourth-order valence-electron chi connectivity index (χ4n) is 4.48. The van der Waals surface area contributed by atoms with E-state index < -0.39 is 0 Å². The second-order valence-corrected chi connectivity index (χ2v) is 9.43. The monoisotopic (exact) mass is 505 g/mol. The Morgan fingerprint density at radius 1 is 0.848 bits per heavy atom. The van der Waals surface area contributed by atoms with E-state index in [2.05, 4.69) is 49.7 Å². The zero-order valence-electron chi connectivity index (χ0n) is 18.3. The molecule has 0 unspecified atom stereocenters. The molecular formula is C27H25BrFN3O. The number of halogens is 2. The van der Waals surface area contributed by atoms with Gasteiger partial charge in [-0.3, -0.25) is 9.69 Å². The summed E-state index contributed by atoms with van der Waals surface area (Å²) in [7, 11) is 0. The highest BCUT2D eigenvalue weighted by Crippen LogP contribution is 2.27. The molecule has 6 heteroatoms. The number of rotatable bonds is 5. The third kappa shape index (κ3) is 4.87. The van der Waals surface area contributed by atoms with Crippen LogP contribution in [0.1, 0.15) is 21.5 Å². The summed E-state index contributed by atoms with van der Waals surface area (Å²) in [6.07, 6.45) is 1.94. The summed E-state index contributed by atoms with van der Waals surface area (Å²) in [5.41, 5.74) is 3.99. The number of nitrogens with zero attached hydrogens (tertiary/aromatic N) is 3. The third-order valence-electron chi connectivity index (χ3n) is 6.25. The van der Waals surface area contributed by atoms with Crippen LogP contribution in [0.25, 0.3) is 10.9 Å². The van der Waals surface area contributed by atoms with E-state index in [1.165, 1.54) is 17.7 Å². The zero-order chi connectivity index (χ0) is 22.8. The van der Waals surface area contributed by atoms with Crippen LogP contribution in [0.2, 0.25) is 0 Å². The van der Waals surface area contributed by atoms with E-state index in [1.54, 1.807) is 12.1 Å². The fourth-order valence-corrected chi connectivity index (χ4v) is 4.84. The number of fused-ring (bicyclic) bond motifs is 1. The molecule has 0 atom stereocenters. The van der Waals surface area contributed by atoms with E-state index in [4.69, 9.17) is 0 Å². The molecule has 1 amide bonds. The van der Waals surface area contributed by atoms with Crippen molar-refractivity contribution in [2.24, 2.45) is 0 Å². The van der Waals surface area contributed by atoms with Crippen LogP contribution in [0, 0.1) is 5.82 Å². The van der Waals surface area contributed by atoms with Gasteiger partial charge in [0.15, 0.2) is 0 Å². The van der Waals surface area contributed by atoms with E-state index in [9.17, 15) is 9.18 Å². The highest BCUT2D eigenvalue weighted by atomic mass is 79.9. The normalized spacial score (nSPS) is 14.7. The van der Waals surface area contributed by atoms with Crippen molar-refractivity contribution >= 4 is 32.7 Å². The van der Waals surface area contributed by atoms with Crippen molar-refractivity contribution < 1.29 is 9.18 Å². The van der Waals surface area contributed by atoms with Crippen molar-refractivity contribution in [1.29, 1.82) is 0 Å². The second kappa shape index (κ2) is 9.49. The molecule has 2 heterocycles. The molecule has 0 bridgehead atoms. The van der Waals surface area contributed by atoms with Gasteiger partial charge in [-0.05, 0) is 41.5 Å². The standard InChI is InChI=1S/C27H25BrFN3O/c28-22-8-11-26-24(16-22)25(19-32(26)18-21-6-9-23(29)10-7-21)27(33)31-14-12-30(13-15-31)17-20-4-2-1-3-5-20/h1-11,16,19H,12-15,17-18H2. The van der Waals surface area contributed by atoms with Crippen LogP contribution in [-0.4, -0.2) is 46.5 Å². The van der Waals surface area contributed by atoms with Gasteiger partial charge in [0.1, 0.15) is 5.82 Å². The van der Waals surface area contributed by atoms with Crippen molar-refractivity contribution in [3.8, 4) is 0 Å².